The Labute approximate surface area is 169 Å². The molecule has 1 N–H and O–H groups in total. The molecule has 0 radical (unpaired) electrons. The maximum Gasteiger partial charge on any atom is 0.0648 e. The van der Waals surface area contributed by atoms with Gasteiger partial charge in [-0.25, -0.2) is 0 Å². The van der Waals surface area contributed by atoms with Gasteiger partial charge in [0.2, 0.25) is 0 Å². The van der Waals surface area contributed by atoms with E-state index in [-0.39, 0.29) is 5.60 Å². The molecule has 1 nitrogen and oxygen atoms in total. The molecule has 0 aromatic rings. The molecule has 27 heavy (non-hydrogen) atoms. The molecule has 4 rings (SSSR count). The minimum atomic E-state index is -0.329. The van der Waals surface area contributed by atoms with E-state index in [1.807, 2.05) is 0 Å². The predicted molar refractivity (Wildman–Crippen MR) is 115 cm³/mol. The summed E-state index contributed by atoms with van der Waals surface area (Å²) in [7, 11) is 0. The van der Waals surface area contributed by atoms with Gasteiger partial charge in [0.05, 0.1) is 5.60 Å². The van der Waals surface area contributed by atoms with Crippen molar-refractivity contribution < 1.29 is 5.11 Å². The fourth-order valence-electron chi connectivity index (χ4n) is 8.99. The predicted octanol–water partition coefficient (Wildman–Crippen LogP) is 7.22. The van der Waals surface area contributed by atoms with Crippen LogP contribution in [0.5, 0.6) is 0 Å². The third kappa shape index (κ3) is 3.43. The molecule has 0 aliphatic heterocycles. The Morgan fingerprint density at radius 3 is 2.44 bits per heavy atom. The number of fused-ring (bicyclic) bond motifs is 5. The van der Waals surface area contributed by atoms with E-state index in [0.717, 1.165) is 60.7 Å². The van der Waals surface area contributed by atoms with E-state index < -0.39 is 0 Å². The third-order valence-electron chi connectivity index (χ3n) is 10.5. The number of hydrogen-bond donors (Lipinski definition) is 1. The molecule has 0 amide bonds. The Hall–Kier alpha value is -0.0400. The summed E-state index contributed by atoms with van der Waals surface area (Å²) >= 11 is 0. The average Bonchev–Trinajstić information content (AvgIpc) is 3.03. The van der Waals surface area contributed by atoms with Gasteiger partial charge in [-0.05, 0) is 111 Å². The van der Waals surface area contributed by atoms with Crippen LogP contribution in [0.2, 0.25) is 0 Å². The topological polar surface area (TPSA) is 20.2 Å². The van der Waals surface area contributed by atoms with Gasteiger partial charge < -0.3 is 5.11 Å². The van der Waals surface area contributed by atoms with Crippen molar-refractivity contribution in [1.29, 1.82) is 0 Å². The summed E-state index contributed by atoms with van der Waals surface area (Å²) in [5.41, 5.74) is 0.310. The van der Waals surface area contributed by atoms with Gasteiger partial charge in [-0.3, -0.25) is 0 Å². The zero-order valence-corrected chi connectivity index (χ0v) is 18.7. The van der Waals surface area contributed by atoms with Gasteiger partial charge in [0, 0.05) is 0 Å². The summed E-state index contributed by atoms with van der Waals surface area (Å²) in [5, 5.41) is 10.9. The Bertz CT molecular complexity index is 514. The summed E-state index contributed by atoms with van der Waals surface area (Å²) in [6, 6.07) is 0. The van der Waals surface area contributed by atoms with Gasteiger partial charge in [-0.1, -0.05) is 47.0 Å². The van der Waals surface area contributed by atoms with Crippen LogP contribution in [0.3, 0.4) is 0 Å². The Kier molecular flexibility index (Phi) is 5.74. The molecule has 4 aliphatic carbocycles. The lowest BCUT2D eigenvalue weighted by Crippen LogP contribution is -2.51. The fourth-order valence-corrected chi connectivity index (χ4v) is 8.99. The number of unbranched alkanes of at least 4 members (excludes halogenated alkanes) is 1. The van der Waals surface area contributed by atoms with Crippen LogP contribution in [0, 0.1) is 46.8 Å². The van der Waals surface area contributed by atoms with E-state index >= 15 is 0 Å². The minimum Gasteiger partial charge on any atom is -0.390 e. The highest BCUT2D eigenvalue weighted by Crippen LogP contribution is 2.66. The van der Waals surface area contributed by atoms with Crippen LogP contribution in [0.1, 0.15) is 111 Å². The molecule has 4 aliphatic rings. The molecule has 0 unspecified atom stereocenters. The summed E-state index contributed by atoms with van der Waals surface area (Å²) in [6.07, 6.45) is 17.6. The van der Waals surface area contributed by atoms with Crippen molar-refractivity contribution in [2.75, 3.05) is 0 Å². The van der Waals surface area contributed by atoms with Crippen molar-refractivity contribution in [1.82, 2.24) is 0 Å². The number of rotatable bonds is 5. The van der Waals surface area contributed by atoms with Crippen molar-refractivity contribution >= 4 is 0 Å². The van der Waals surface area contributed by atoms with Crippen LogP contribution >= 0.6 is 0 Å². The van der Waals surface area contributed by atoms with Crippen LogP contribution in [0.25, 0.3) is 0 Å². The number of hydrogen-bond acceptors (Lipinski definition) is 1. The second-order valence-corrected chi connectivity index (χ2v) is 11.6. The molecule has 0 spiro atoms. The highest BCUT2D eigenvalue weighted by Gasteiger charge is 2.58. The van der Waals surface area contributed by atoms with E-state index in [4.69, 9.17) is 0 Å². The lowest BCUT2D eigenvalue weighted by Gasteiger charge is -2.57. The van der Waals surface area contributed by atoms with Gasteiger partial charge in [-0.15, -0.1) is 0 Å². The smallest absolute Gasteiger partial charge is 0.0648 e. The van der Waals surface area contributed by atoms with Crippen molar-refractivity contribution in [3.63, 3.8) is 0 Å². The molecule has 0 aromatic carbocycles. The Morgan fingerprint density at radius 1 is 0.926 bits per heavy atom. The molecule has 4 fully saturated rings. The molecule has 0 aromatic heterocycles. The first-order chi connectivity index (χ1) is 12.9. The third-order valence-corrected chi connectivity index (χ3v) is 10.5. The monoisotopic (exact) mass is 374 g/mol. The molecule has 0 bridgehead atoms. The quantitative estimate of drug-likeness (QED) is 0.538. The van der Waals surface area contributed by atoms with Crippen LogP contribution in [0.4, 0.5) is 0 Å². The molecule has 1 heteroatoms. The molecule has 156 valence electrons. The van der Waals surface area contributed by atoms with Crippen LogP contribution in [-0.2, 0) is 0 Å². The van der Waals surface area contributed by atoms with Crippen molar-refractivity contribution in [3.8, 4) is 0 Å². The molecular formula is C26H46O. The summed E-state index contributed by atoms with van der Waals surface area (Å²) in [6.45, 7) is 9.82. The van der Waals surface area contributed by atoms with E-state index in [1.165, 1.54) is 64.2 Å². The second-order valence-electron chi connectivity index (χ2n) is 11.6. The zero-order valence-electron chi connectivity index (χ0n) is 18.7. The fraction of sp³-hybridized carbons (Fsp3) is 1.00. The zero-order chi connectivity index (χ0) is 19.2. The standard InChI is InChI=1S/C26H46O/c1-5-7-8-18(3)23-11-12-24-22-10-9-19-17-26(27,6-2)16-14-20(19)21(22)13-15-25(23,24)4/h18-24,27H,5-17H2,1-4H3/t18-,19+,20+,21-,22-,23-,24+,25-,26+/m1/s1. The second kappa shape index (κ2) is 7.66. The van der Waals surface area contributed by atoms with Gasteiger partial charge in [0.15, 0.2) is 0 Å². The van der Waals surface area contributed by atoms with E-state index in [0.29, 0.717) is 5.41 Å². The summed E-state index contributed by atoms with van der Waals surface area (Å²) in [4.78, 5) is 0. The molecular weight excluding hydrogens is 328 g/mol. The average molecular weight is 375 g/mol. The van der Waals surface area contributed by atoms with Crippen molar-refractivity contribution in [2.45, 2.75) is 117 Å². The summed E-state index contributed by atoms with van der Waals surface area (Å²) in [5.74, 6) is 6.71. The van der Waals surface area contributed by atoms with E-state index in [9.17, 15) is 5.11 Å². The molecule has 0 saturated heterocycles. The Balaban J connectivity index is 1.47. The van der Waals surface area contributed by atoms with Crippen molar-refractivity contribution in [3.05, 3.63) is 0 Å². The van der Waals surface area contributed by atoms with Gasteiger partial charge in [0.25, 0.3) is 0 Å². The normalized spacial score (nSPS) is 50.6. The van der Waals surface area contributed by atoms with Crippen LogP contribution in [0.15, 0.2) is 0 Å². The number of aliphatic hydroxyl groups is 1. The van der Waals surface area contributed by atoms with Crippen molar-refractivity contribution in [2.24, 2.45) is 46.8 Å². The minimum absolute atomic E-state index is 0.329. The Morgan fingerprint density at radius 2 is 1.70 bits per heavy atom. The maximum atomic E-state index is 10.9. The SMILES string of the molecule is CCCC[C@@H](C)[C@H]1CC[C@H]2[C@@H]3CC[C@H]4C[C@](O)(CC)CC[C@@H]4[C@H]3CC[C@]12C. The molecule has 0 heterocycles. The first kappa shape index (κ1) is 20.2. The van der Waals surface area contributed by atoms with Gasteiger partial charge in [-0.2, -0.15) is 0 Å². The van der Waals surface area contributed by atoms with Gasteiger partial charge >= 0.3 is 0 Å². The maximum absolute atomic E-state index is 10.9. The largest absolute Gasteiger partial charge is 0.390 e. The first-order valence-electron chi connectivity index (χ1n) is 12.6. The van der Waals surface area contributed by atoms with Gasteiger partial charge in [0.1, 0.15) is 0 Å². The van der Waals surface area contributed by atoms with E-state index in [2.05, 4.69) is 27.7 Å². The first-order valence-corrected chi connectivity index (χ1v) is 12.6. The molecule has 9 atom stereocenters. The lowest BCUT2D eigenvalue weighted by atomic mass is 9.48. The van der Waals surface area contributed by atoms with Crippen LogP contribution < -0.4 is 0 Å². The lowest BCUT2D eigenvalue weighted by molar-refractivity contribution is -0.109. The summed E-state index contributed by atoms with van der Waals surface area (Å²) < 4.78 is 0. The van der Waals surface area contributed by atoms with E-state index in [1.54, 1.807) is 0 Å². The molecule has 4 saturated carbocycles. The highest BCUT2D eigenvalue weighted by atomic mass is 16.3. The highest BCUT2D eigenvalue weighted by molar-refractivity contribution is 5.07. The van der Waals surface area contributed by atoms with Crippen LogP contribution in [-0.4, -0.2) is 10.7 Å².